The predicted octanol–water partition coefficient (Wildman–Crippen LogP) is 2.21. The number of fused-ring (bicyclic) bond motifs is 2. The summed E-state index contributed by atoms with van der Waals surface area (Å²) in [4.78, 5) is 25.3. The van der Waals surface area contributed by atoms with E-state index < -0.39 is 23.3 Å². The molecule has 2 aliphatic rings. The average molecular weight is 364 g/mol. The van der Waals surface area contributed by atoms with Crippen LogP contribution >= 0.6 is 0 Å². The zero-order valence-electron chi connectivity index (χ0n) is 15.6. The third-order valence-corrected chi connectivity index (χ3v) is 4.49. The highest BCUT2D eigenvalue weighted by Gasteiger charge is 2.49. The van der Waals surface area contributed by atoms with Crippen LogP contribution in [0.5, 0.6) is 11.5 Å². The van der Waals surface area contributed by atoms with Crippen molar-refractivity contribution in [2.24, 2.45) is 0 Å². The van der Waals surface area contributed by atoms with E-state index in [-0.39, 0.29) is 19.1 Å². The normalized spacial score (nSPS) is 22.3. The second-order valence-corrected chi connectivity index (χ2v) is 7.47. The number of hydrogen-bond acceptors (Lipinski definition) is 6. The summed E-state index contributed by atoms with van der Waals surface area (Å²) >= 11 is 0. The first-order valence-electron chi connectivity index (χ1n) is 8.42. The summed E-state index contributed by atoms with van der Waals surface area (Å²) in [6.45, 7) is 7.15. The molecular formula is C18H24N2O6. The minimum absolute atomic E-state index is 0.141. The Morgan fingerprint density at radius 1 is 1.31 bits per heavy atom. The number of amides is 2. The lowest BCUT2D eigenvalue weighted by Gasteiger charge is -2.41. The third-order valence-electron chi connectivity index (χ3n) is 4.49. The summed E-state index contributed by atoms with van der Waals surface area (Å²) < 4.78 is 21.5. The van der Waals surface area contributed by atoms with Crippen molar-refractivity contribution in [2.45, 2.75) is 51.4 Å². The molecule has 0 aliphatic carbocycles. The van der Waals surface area contributed by atoms with Crippen LogP contribution in [0.4, 0.5) is 10.5 Å². The maximum atomic E-state index is 12.9. The van der Waals surface area contributed by atoms with Crippen molar-refractivity contribution in [2.75, 3.05) is 19.2 Å². The first-order valence-corrected chi connectivity index (χ1v) is 8.42. The first-order chi connectivity index (χ1) is 12.1. The number of anilines is 1. The largest absolute Gasteiger partial charge is 0.454 e. The second kappa shape index (κ2) is 6.35. The highest BCUT2D eigenvalue weighted by atomic mass is 16.7. The molecular weight excluding hydrogens is 340 g/mol. The monoisotopic (exact) mass is 364 g/mol. The minimum atomic E-state index is -1.31. The summed E-state index contributed by atoms with van der Waals surface area (Å²) in [5.41, 5.74) is -0.549. The van der Waals surface area contributed by atoms with Gasteiger partial charge in [0, 0.05) is 25.3 Å². The predicted molar refractivity (Wildman–Crippen MR) is 93.5 cm³/mol. The zero-order valence-corrected chi connectivity index (χ0v) is 15.6. The molecule has 8 nitrogen and oxygen atoms in total. The van der Waals surface area contributed by atoms with Crippen LogP contribution in [0, 0.1) is 0 Å². The minimum Gasteiger partial charge on any atom is -0.454 e. The van der Waals surface area contributed by atoms with Crippen LogP contribution in [-0.2, 0) is 20.7 Å². The SMILES string of the molecule is COC(C)C1(NC(=O)OC(C)(C)C)Cc2cc3c(cc2NC1=O)OCO3. The van der Waals surface area contributed by atoms with Crippen molar-refractivity contribution >= 4 is 17.7 Å². The Bertz CT molecular complexity index is 742. The molecule has 0 fully saturated rings. The maximum absolute atomic E-state index is 12.9. The van der Waals surface area contributed by atoms with Gasteiger partial charge in [0.2, 0.25) is 6.79 Å². The molecule has 0 bridgehead atoms. The van der Waals surface area contributed by atoms with Gasteiger partial charge in [-0.2, -0.15) is 0 Å². The lowest BCUT2D eigenvalue weighted by atomic mass is 9.81. The molecule has 0 spiro atoms. The fourth-order valence-corrected chi connectivity index (χ4v) is 3.08. The number of benzene rings is 1. The molecule has 0 aromatic heterocycles. The number of nitrogens with one attached hydrogen (secondary N) is 2. The van der Waals surface area contributed by atoms with Crippen LogP contribution in [0.25, 0.3) is 0 Å². The number of rotatable bonds is 3. The van der Waals surface area contributed by atoms with E-state index >= 15 is 0 Å². The van der Waals surface area contributed by atoms with Crippen molar-refractivity contribution < 1.29 is 28.5 Å². The van der Waals surface area contributed by atoms with E-state index in [1.54, 1.807) is 33.8 Å². The van der Waals surface area contributed by atoms with Crippen molar-refractivity contribution in [1.82, 2.24) is 5.32 Å². The molecule has 2 amide bonds. The van der Waals surface area contributed by atoms with E-state index in [0.29, 0.717) is 17.2 Å². The fourth-order valence-electron chi connectivity index (χ4n) is 3.08. The van der Waals surface area contributed by atoms with Crippen LogP contribution in [0.3, 0.4) is 0 Å². The van der Waals surface area contributed by atoms with Gasteiger partial charge < -0.3 is 29.6 Å². The molecule has 8 heteroatoms. The molecule has 142 valence electrons. The second-order valence-electron chi connectivity index (χ2n) is 7.47. The van der Waals surface area contributed by atoms with E-state index in [4.69, 9.17) is 18.9 Å². The summed E-state index contributed by atoms with van der Waals surface area (Å²) in [6.07, 6.45) is -1.03. The van der Waals surface area contributed by atoms with E-state index in [0.717, 1.165) is 5.56 Å². The van der Waals surface area contributed by atoms with E-state index in [1.165, 1.54) is 7.11 Å². The molecule has 2 atom stereocenters. The molecule has 26 heavy (non-hydrogen) atoms. The average Bonchev–Trinajstić information content (AvgIpc) is 2.98. The van der Waals surface area contributed by atoms with Gasteiger partial charge in [-0.1, -0.05) is 0 Å². The van der Waals surface area contributed by atoms with Crippen molar-refractivity contribution in [3.05, 3.63) is 17.7 Å². The highest BCUT2D eigenvalue weighted by Crippen LogP contribution is 2.41. The molecule has 1 aromatic carbocycles. The Morgan fingerprint density at radius 2 is 1.96 bits per heavy atom. The molecule has 0 saturated carbocycles. The quantitative estimate of drug-likeness (QED) is 0.854. The molecule has 0 saturated heterocycles. The standard InChI is InChI=1S/C18H24N2O6/c1-10(23-5)18(20-16(22)26-17(2,3)4)8-11-6-13-14(25-9-24-13)7-12(11)19-15(18)21/h6-7,10H,8-9H2,1-5H3,(H,19,21)(H,20,22). The lowest BCUT2D eigenvalue weighted by Crippen LogP contribution is -2.66. The maximum Gasteiger partial charge on any atom is 0.408 e. The van der Waals surface area contributed by atoms with Gasteiger partial charge in [0.1, 0.15) is 5.60 Å². The van der Waals surface area contributed by atoms with Gasteiger partial charge in [-0.25, -0.2) is 4.79 Å². The molecule has 0 radical (unpaired) electrons. The van der Waals surface area contributed by atoms with Crippen molar-refractivity contribution in [3.8, 4) is 11.5 Å². The Labute approximate surface area is 152 Å². The molecule has 2 unspecified atom stereocenters. The number of ether oxygens (including phenoxy) is 4. The van der Waals surface area contributed by atoms with E-state index in [2.05, 4.69) is 10.6 Å². The van der Waals surface area contributed by atoms with Gasteiger partial charge in [0.15, 0.2) is 17.0 Å². The summed E-state index contributed by atoms with van der Waals surface area (Å²) in [5.74, 6) is 0.816. The van der Waals surface area contributed by atoms with Gasteiger partial charge >= 0.3 is 6.09 Å². The number of hydrogen-bond donors (Lipinski definition) is 2. The molecule has 2 N–H and O–H groups in total. The number of carbonyl (C=O) groups is 2. The van der Waals surface area contributed by atoms with Gasteiger partial charge in [0.25, 0.3) is 5.91 Å². The Morgan fingerprint density at radius 3 is 2.58 bits per heavy atom. The first kappa shape index (κ1) is 18.3. The molecule has 2 heterocycles. The Kier molecular flexibility index (Phi) is 4.47. The fraction of sp³-hybridized carbons (Fsp3) is 0.556. The van der Waals surface area contributed by atoms with Crippen LogP contribution in [0.2, 0.25) is 0 Å². The summed E-state index contributed by atoms with van der Waals surface area (Å²) in [7, 11) is 1.49. The Hall–Kier alpha value is -2.48. The number of alkyl carbamates (subject to hydrolysis) is 1. The summed E-state index contributed by atoms with van der Waals surface area (Å²) in [5, 5.41) is 5.57. The van der Waals surface area contributed by atoms with Crippen LogP contribution in [-0.4, -0.2) is 43.1 Å². The summed E-state index contributed by atoms with van der Waals surface area (Å²) in [6, 6.07) is 3.54. The Balaban J connectivity index is 1.94. The van der Waals surface area contributed by atoms with Crippen LogP contribution in [0.1, 0.15) is 33.3 Å². The smallest absolute Gasteiger partial charge is 0.408 e. The van der Waals surface area contributed by atoms with Gasteiger partial charge in [-0.15, -0.1) is 0 Å². The van der Waals surface area contributed by atoms with E-state index in [9.17, 15) is 9.59 Å². The number of methoxy groups -OCH3 is 1. The molecule has 3 rings (SSSR count). The molecule has 2 aliphatic heterocycles. The lowest BCUT2D eigenvalue weighted by molar-refractivity contribution is -0.128. The zero-order chi connectivity index (χ0) is 19.1. The van der Waals surface area contributed by atoms with Gasteiger partial charge in [0.05, 0.1) is 6.10 Å². The van der Waals surface area contributed by atoms with E-state index in [1.807, 2.05) is 6.07 Å². The van der Waals surface area contributed by atoms with Crippen LogP contribution in [0.15, 0.2) is 12.1 Å². The topological polar surface area (TPSA) is 95.1 Å². The van der Waals surface area contributed by atoms with Gasteiger partial charge in [-0.3, -0.25) is 4.79 Å². The third kappa shape index (κ3) is 3.29. The van der Waals surface area contributed by atoms with Crippen LogP contribution < -0.4 is 20.1 Å². The van der Waals surface area contributed by atoms with Crippen molar-refractivity contribution in [1.29, 1.82) is 0 Å². The molecule has 1 aromatic rings. The van der Waals surface area contributed by atoms with Crippen molar-refractivity contribution in [3.63, 3.8) is 0 Å². The highest BCUT2D eigenvalue weighted by molar-refractivity contribution is 6.03. The van der Waals surface area contributed by atoms with Gasteiger partial charge in [-0.05, 0) is 39.3 Å². The number of carbonyl (C=O) groups excluding carboxylic acids is 2.